The van der Waals surface area contributed by atoms with Gasteiger partial charge in [-0.25, -0.2) is 0 Å². The summed E-state index contributed by atoms with van der Waals surface area (Å²) in [7, 11) is 1.57. The van der Waals surface area contributed by atoms with Crippen LogP contribution in [0.5, 0.6) is 5.75 Å². The molecule has 0 fully saturated rings. The highest BCUT2D eigenvalue weighted by Gasteiger charge is 2.30. The van der Waals surface area contributed by atoms with Crippen molar-refractivity contribution in [3.05, 3.63) is 88.6 Å². The number of rotatable bonds is 3. The van der Waals surface area contributed by atoms with Crippen LogP contribution in [0.15, 0.2) is 77.6 Å². The van der Waals surface area contributed by atoms with Crippen LogP contribution >= 0.6 is 11.3 Å². The van der Waals surface area contributed by atoms with Gasteiger partial charge in [-0.15, -0.1) is 11.3 Å². The van der Waals surface area contributed by atoms with Crippen molar-refractivity contribution in [3.8, 4) is 27.3 Å². The summed E-state index contributed by atoms with van der Waals surface area (Å²) in [5.41, 5.74) is 0.700. The Morgan fingerprint density at radius 2 is 1.45 bits per heavy atom. The van der Waals surface area contributed by atoms with Crippen molar-refractivity contribution < 1.29 is 17.9 Å². The Morgan fingerprint density at radius 1 is 0.828 bits per heavy atom. The molecule has 0 radical (unpaired) electrons. The van der Waals surface area contributed by atoms with Gasteiger partial charge in [-0.05, 0) is 59.7 Å². The molecule has 2 nitrogen and oxygen atoms in total. The molecule has 0 atom stereocenters. The van der Waals surface area contributed by atoms with E-state index in [0.717, 1.165) is 22.4 Å². The van der Waals surface area contributed by atoms with Crippen LogP contribution in [0.2, 0.25) is 0 Å². The third-order valence-electron chi connectivity index (χ3n) is 4.65. The summed E-state index contributed by atoms with van der Waals surface area (Å²) in [5, 5.41) is 0.546. The molecule has 0 saturated carbocycles. The minimum atomic E-state index is -4.43. The molecule has 6 heteroatoms. The molecule has 0 aliphatic heterocycles. The Kier molecular flexibility index (Phi) is 4.88. The highest BCUT2D eigenvalue weighted by Crippen LogP contribution is 2.38. The van der Waals surface area contributed by atoms with Gasteiger partial charge in [0, 0.05) is 20.5 Å². The van der Waals surface area contributed by atoms with Crippen molar-refractivity contribution >= 4 is 21.4 Å². The summed E-state index contributed by atoms with van der Waals surface area (Å²) in [6, 6.07) is 19.2. The van der Waals surface area contributed by atoms with E-state index in [2.05, 4.69) is 0 Å². The van der Waals surface area contributed by atoms with Gasteiger partial charge in [-0.1, -0.05) is 24.3 Å². The van der Waals surface area contributed by atoms with Crippen molar-refractivity contribution in [1.29, 1.82) is 0 Å². The van der Waals surface area contributed by atoms with E-state index in [1.807, 2.05) is 24.3 Å². The normalized spacial score (nSPS) is 11.6. The lowest BCUT2D eigenvalue weighted by Gasteiger charge is -2.13. The van der Waals surface area contributed by atoms with E-state index in [9.17, 15) is 18.0 Å². The topological polar surface area (TPSA) is 26.3 Å². The molecule has 0 aliphatic carbocycles. The molecule has 0 saturated heterocycles. The molecular formula is C23H15F3O2S. The highest BCUT2D eigenvalue weighted by atomic mass is 32.1. The van der Waals surface area contributed by atoms with Crippen LogP contribution in [0.25, 0.3) is 31.7 Å². The third-order valence-corrected chi connectivity index (χ3v) is 5.87. The van der Waals surface area contributed by atoms with Crippen molar-refractivity contribution in [1.82, 2.24) is 0 Å². The zero-order valence-corrected chi connectivity index (χ0v) is 16.1. The summed E-state index contributed by atoms with van der Waals surface area (Å²) in [6.07, 6.45) is -4.43. The summed E-state index contributed by atoms with van der Waals surface area (Å²) < 4.78 is 44.9. The van der Waals surface area contributed by atoms with Gasteiger partial charge in [0.2, 0.25) is 0 Å². The molecule has 4 aromatic rings. The van der Waals surface area contributed by atoms with Crippen LogP contribution in [-0.2, 0) is 6.18 Å². The van der Waals surface area contributed by atoms with E-state index in [0.29, 0.717) is 27.1 Å². The zero-order chi connectivity index (χ0) is 20.6. The Balaban J connectivity index is 1.98. The van der Waals surface area contributed by atoms with E-state index in [-0.39, 0.29) is 5.43 Å². The maximum Gasteiger partial charge on any atom is 0.416 e. The van der Waals surface area contributed by atoms with Crippen molar-refractivity contribution in [2.75, 3.05) is 7.11 Å². The fourth-order valence-corrected chi connectivity index (χ4v) is 4.38. The van der Waals surface area contributed by atoms with Crippen LogP contribution in [0, 0.1) is 0 Å². The van der Waals surface area contributed by atoms with E-state index >= 15 is 0 Å². The van der Waals surface area contributed by atoms with Crippen LogP contribution in [0.3, 0.4) is 0 Å². The molecule has 0 amide bonds. The highest BCUT2D eigenvalue weighted by molar-refractivity contribution is 7.22. The molecule has 3 aromatic carbocycles. The Hall–Kier alpha value is -3.12. The lowest BCUT2D eigenvalue weighted by atomic mass is 9.99. The zero-order valence-electron chi connectivity index (χ0n) is 15.3. The molecule has 4 rings (SSSR count). The summed E-state index contributed by atoms with van der Waals surface area (Å²) in [5.74, 6) is 0.679. The SMILES string of the molecule is COc1ccc(-c2sc3ccccc3c(=O)c2-c2ccc(C(F)(F)F)cc2)cc1. The number of fused-ring (bicyclic) bond motifs is 1. The first-order valence-corrected chi connectivity index (χ1v) is 9.58. The molecule has 0 unspecified atom stereocenters. The minimum Gasteiger partial charge on any atom is -0.497 e. The molecule has 29 heavy (non-hydrogen) atoms. The predicted molar refractivity (Wildman–Crippen MR) is 111 cm³/mol. The van der Waals surface area contributed by atoms with E-state index in [1.165, 1.54) is 23.5 Å². The van der Waals surface area contributed by atoms with Crippen LogP contribution in [0.4, 0.5) is 13.2 Å². The molecule has 0 bridgehead atoms. The van der Waals surface area contributed by atoms with Gasteiger partial charge >= 0.3 is 6.18 Å². The first kappa shape index (κ1) is 19.2. The van der Waals surface area contributed by atoms with Crippen molar-refractivity contribution in [3.63, 3.8) is 0 Å². The van der Waals surface area contributed by atoms with Gasteiger partial charge in [-0.2, -0.15) is 13.2 Å². The molecule has 1 heterocycles. The largest absolute Gasteiger partial charge is 0.497 e. The first-order chi connectivity index (χ1) is 13.9. The first-order valence-electron chi connectivity index (χ1n) is 8.76. The molecular weight excluding hydrogens is 397 g/mol. The van der Waals surface area contributed by atoms with Crippen LogP contribution in [-0.4, -0.2) is 7.11 Å². The number of alkyl halides is 3. The second-order valence-corrected chi connectivity index (χ2v) is 7.49. The summed E-state index contributed by atoms with van der Waals surface area (Å²) in [6.45, 7) is 0. The van der Waals surface area contributed by atoms with E-state index in [4.69, 9.17) is 4.74 Å². The second-order valence-electron chi connectivity index (χ2n) is 6.44. The van der Waals surface area contributed by atoms with Crippen LogP contribution in [0.1, 0.15) is 5.56 Å². The number of hydrogen-bond acceptors (Lipinski definition) is 3. The lowest BCUT2D eigenvalue weighted by Crippen LogP contribution is -2.07. The third kappa shape index (κ3) is 3.63. The van der Waals surface area contributed by atoms with Crippen LogP contribution < -0.4 is 10.2 Å². The Labute approximate surface area is 168 Å². The van der Waals surface area contributed by atoms with Gasteiger partial charge in [-0.3, -0.25) is 4.79 Å². The lowest BCUT2D eigenvalue weighted by molar-refractivity contribution is -0.137. The van der Waals surface area contributed by atoms with E-state index < -0.39 is 11.7 Å². The Bertz CT molecular complexity index is 1220. The number of ether oxygens (including phenoxy) is 1. The predicted octanol–water partition coefficient (Wildman–Crippen LogP) is 6.62. The van der Waals surface area contributed by atoms with Gasteiger partial charge in [0.1, 0.15) is 5.75 Å². The standard InChI is InChI=1S/C23H15F3O2S/c1-28-17-12-8-15(9-13-17)22-20(14-6-10-16(11-7-14)23(24,25)26)21(27)18-4-2-3-5-19(18)29-22/h2-13H,1H3. The number of halogens is 3. The Morgan fingerprint density at radius 3 is 2.07 bits per heavy atom. The molecule has 0 aliphatic rings. The summed E-state index contributed by atoms with van der Waals surface area (Å²) in [4.78, 5) is 14.0. The maximum absolute atomic E-state index is 13.3. The molecule has 1 aromatic heterocycles. The number of hydrogen-bond donors (Lipinski definition) is 0. The second kappa shape index (κ2) is 7.37. The molecule has 0 spiro atoms. The maximum atomic E-state index is 13.3. The van der Waals surface area contributed by atoms with Gasteiger partial charge in [0.15, 0.2) is 5.43 Å². The number of methoxy groups -OCH3 is 1. The quantitative estimate of drug-likeness (QED) is 0.378. The fourth-order valence-electron chi connectivity index (χ4n) is 3.18. The average molecular weight is 412 g/mol. The van der Waals surface area contributed by atoms with Gasteiger partial charge < -0.3 is 4.74 Å². The average Bonchev–Trinajstić information content (AvgIpc) is 2.73. The monoisotopic (exact) mass is 412 g/mol. The number of benzene rings is 3. The molecule has 0 N–H and O–H groups in total. The van der Waals surface area contributed by atoms with Gasteiger partial charge in [0.25, 0.3) is 0 Å². The van der Waals surface area contributed by atoms with Crippen molar-refractivity contribution in [2.24, 2.45) is 0 Å². The minimum absolute atomic E-state index is 0.204. The smallest absolute Gasteiger partial charge is 0.416 e. The fraction of sp³-hybridized carbons (Fsp3) is 0.0870. The van der Waals surface area contributed by atoms with Gasteiger partial charge in [0.05, 0.1) is 12.7 Å². The molecule has 146 valence electrons. The van der Waals surface area contributed by atoms with E-state index in [1.54, 1.807) is 31.4 Å². The summed E-state index contributed by atoms with van der Waals surface area (Å²) >= 11 is 1.44. The van der Waals surface area contributed by atoms with Crippen molar-refractivity contribution in [2.45, 2.75) is 6.18 Å².